The molecular formula is C13H17BrN2O. The van der Waals surface area contributed by atoms with E-state index in [2.05, 4.69) is 26.6 Å². The number of nitrogens with one attached hydrogen (secondary N) is 2. The van der Waals surface area contributed by atoms with E-state index in [1.54, 1.807) is 0 Å². The van der Waals surface area contributed by atoms with Crippen molar-refractivity contribution < 1.29 is 4.79 Å². The lowest BCUT2D eigenvalue weighted by atomic mass is 10.1. The van der Waals surface area contributed by atoms with Crippen molar-refractivity contribution in [2.24, 2.45) is 0 Å². The minimum atomic E-state index is -0.106. The van der Waals surface area contributed by atoms with Crippen LogP contribution in [-0.2, 0) is 4.79 Å². The Hall–Kier alpha value is -1.03. The summed E-state index contributed by atoms with van der Waals surface area (Å²) in [5.74, 6) is 0.113. The largest absolute Gasteiger partial charge is 0.373 e. The average Bonchev–Trinajstić information content (AvgIpc) is 2.51. The molecule has 0 spiro atoms. The third-order valence-electron chi connectivity index (χ3n) is 3.13. The molecule has 2 rings (SSSR count). The first-order valence-corrected chi connectivity index (χ1v) is 6.77. The van der Waals surface area contributed by atoms with Crippen LogP contribution in [0.1, 0.15) is 24.8 Å². The molecule has 2 N–H and O–H groups in total. The third-order valence-corrected chi connectivity index (χ3v) is 3.99. The Morgan fingerprint density at radius 1 is 1.41 bits per heavy atom. The first kappa shape index (κ1) is 12.4. The zero-order chi connectivity index (χ0) is 12.3. The van der Waals surface area contributed by atoms with E-state index in [1.807, 2.05) is 25.1 Å². The van der Waals surface area contributed by atoms with E-state index >= 15 is 0 Å². The Bertz CT molecular complexity index is 420. The molecule has 17 heavy (non-hydrogen) atoms. The summed E-state index contributed by atoms with van der Waals surface area (Å²) < 4.78 is 1.07. The minimum absolute atomic E-state index is 0.106. The molecule has 1 aliphatic rings. The fourth-order valence-corrected chi connectivity index (χ4v) is 2.39. The number of benzene rings is 1. The summed E-state index contributed by atoms with van der Waals surface area (Å²) in [6, 6.07) is 5.89. The Balaban J connectivity index is 2.13. The molecule has 0 bridgehead atoms. The lowest BCUT2D eigenvalue weighted by Crippen LogP contribution is -2.38. The SMILES string of the molecule is Cc1c(Br)cccc1NC1CCCCNC1=O. The van der Waals surface area contributed by atoms with Crippen molar-refractivity contribution in [2.75, 3.05) is 11.9 Å². The van der Waals surface area contributed by atoms with E-state index in [1.165, 1.54) is 0 Å². The number of rotatable bonds is 2. The van der Waals surface area contributed by atoms with Gasteiger partial charge in [0.05, 0.1) is 0 Å². The van der Waals surface area contributed by atoms with Crippen LogP contribution in [0.25, 0.3) is 0 Å². The van der Waals surface area contributed by atoms with E-state index in [9.17, 15) is 4.79 Å². The molecule has 0 saturated carbocycles. The number of halogens is 1. The maximum Gasteiger partial charge on any atom is 0.242 e. The van der Waals surface area contributed by atoms with Crippen molar-refractivity contribution in [3.63, 3.8) is 0 Å². The van der Waals surface area contributed by atoms with Crippen molar-refractivity contribution in [3.05, 3.63) is 28.2 Å². The normalized spacial score (nSPS) is 20.6. The minimum Gasteiger partial charge on any atom is -0.373 e. The highest BCUT2D eigenvalue weighted by molar-refractivity contribution is 9.10. The average molecular weight is 297 g/mol. The quantitative estimate of drug-likeness (QED) is 0.881. The highest BCUT2D eigenvalue weighted by Crippen LogP contribution is 2.25. The number of anilines is 1. The van der Waals surface area contributed by atoms with Gasteiger partial charge in [-0.05, 0) is 43.9 Å². The lowest BCUT2D eigenvalue weighted by Gasteiger charge is -2.18. The zero-order valence-electron chi connectivity index (χ0n) is 9.92. The standard InChI is InChI=1S/C13H17BrN2O/c1-9-10(14)5-4-7-11(9)16-12-6-2-3-8-15-13(12)17/h4-5,7,12,16H,2-3,6,8H2,1H3,(H,15,17). The van der Waals surface area contributed by atoms with E-state index in [-0.39, 0.29) is 11.9 Å². The van der Waals surface area contributed by atoms with Crippen LogP contribution in [0.2, 0.25) is 0 Å². The van der Waals surface area contributed by atoms with Crippen molar-refractivity contribution in [1.29, 1.82) is 0 Å². The zero-order valence-corrected chi connectivity index (χ0v) is 11.5. The van der Waals surface area contributed by atoms with Gasteiger partial charge in [0, 0.05) is 16.7 Å². The maximum absolute atomic E-state index is 11.8. The van der Waals surface area contributed by atoms with Gasteiger partial charge in [0.2, 0.25) is 5.91 Å². The second-order valence-corrected chi connectivity index (χ2v) is 5.25. The fourth-order valence-electron chi connectivity index (χ4n) is 2.03. The molecule has 92 valence electrons. The molecule has 4 heteroatoms. The molecule has 1 heterocycles. The second-order valence-electron chi connectivity index (χ2n) is 4.40. The Morgan fingerprint density at radius 2 is 2.24 bits per heavy atom. The number of carbonyl (C=O) groups is 1. The van der Waals surface area contributed by atoms with Gasteiger partial charge >= 0.3 is 0 Å². The fraction of sp³-hybridized carbons (Fsp3) is 0.462. The van der Waals surface area contributed by atoms with Crippen molar-refractivity contribution in [2.45, 2.75) is 32.2 Å². The Morgan fingerprint density at radius 3 is 3.06 bits per heavy atom. The van der Waals surface area contributed by atoms with Crippen molar-refractivity contribution in [1.82, 2.24) is 5.32 Å². The van der Waals surface area contributed by atoms with E-state index < -0.39 is 0 Å². The first-order valence-electron chi connectivity index (χ1n) is 5.98. The summed E-state index contributed by atoms with van der Waals surface area (Å²) in [7, 11) is 0. The van der Waals surface area contributed by atoms with Gasteiger partial charge in [-0.2, -0.15) is 0 Å². The molecular weight excluding hydrogens is 280 g/mol. The molecule has 1 amide bonds. The van der Waals surface area contributed by atoms with Crippen molar-refractivity contribution >= 4 is 27.5 Å². The predicted molar refractivity (Wildman–Crippen MR) is 73.2 cm³/mol. The molecule has 1 atom stereocenters. The van der Waals surface area contributed by atoms with Crippen LogP contribution in [-0.4, -0.2) is 18.5 Å². The molecule has 0 aliphatic carbocycles. The van der Waals surface area contributed by atoms with Crippen LogP contribution in [0, 0.1) is 6.92 Å². The number of carbonyl (C=O) groups excluding carboxylic acids is 1. The summed E-state index contributed by atoms with van der Waals surface area (Å²) >= 11 is 3.50. The summed E-state index contributed by atoms with van der Waals surface area (Å²) in [6.07, 6.45) is 3.06. The molecule has 1 saturated heterocycles. The van der Waals surface area contributed by atoms with Gasteiger partial charge in [0.15, 0.2) is 0 Å². The van der Waals surface area contributed by atoms with Gasteiger partial charge in [-0.3, -0.25) is 4.79 Å². The third kappa shape index (κ3) is 3.00. The number of amides is 1. The smallest absolute Gasteiger partial charge is 0.242 e. The summed E-state index contributed by atoms with van der Waals surface area (Å²) in [6.45, 7) is 2.84. The molecule has 1 aliphatic heterocycles. The van der Waals surface area contributed by atoms with Gasteiger partial charge in [0.1, 0.15) is 6.04 Å². The predicted octanol–water partition coefficient (Wildman–Crippen LogP) is 2.84. The van der Waals surface area contributed by atoms with Crippen LogP contribution in [0.5, 0.6) is 0 Å². The number of hydrogen-bond donors (Lipinski definition) is 2. The molecule has 3 nitrogen and oxygen atoms in total. The molecule has 1 fully saturated rings. The van der Waals surface area contributed by atoms with Crippen LogP contribution >= 0.6 is 15.9 Å². The molecule has 1 aromatic carbocycles. The van der Waals surface area contributed by atoms with E-state index in [4.69, 9.17) is 0 Å². The monoisotopic (exact) mass is 296 g/mol. The van der Waals surface area contributed by atoms with Crippen LogP contribution < -0.4 is 10.6 Å². The highest BCUT2D eigenvalue weighted by Gasteiger charge is 2.20. The van der Waals surface area contributed by atoms with E-state index in [0.717, 1.165) is 41.5 Å². The van der Waals surface area contributed by atoms with Crippen LogP contribution in [0.4, 0.5) is 5.69 Å². The second kappa shape index (κ2) is 5.54. The van der Waals surface area contributed by atoms with Gasteiger partial charge in [-0.1, -0.05) is 22.0 Å². The van der Waals surface area contributed by atoms with Crippen LogP contribution in [0.15, 0.2) is 22.7 Å². The van der Waals surface area contributed by atoms with Gasteiger partial charge in [0.25, 0.3) is 0 Å². The Kier molecular flexibility index (Phi) is 4.05. The molecule has 0 aromatic heterocycles. The summed E-state index contributed by atoms with van der Waals surface area (Å²) in [5, 5.41) is 6.27. The first-order chi connectivity index (χ1) is 8.18. The molecule has 1 aromatic rings. The summed E-state index contributed by atoms with van der Waals surface area (Å²) in [4.78, 5) is 11.8. The maximum atomic E-state index is 11.8. The summed E-state index contributed by atoms with van der Waals surface area (Å²) in [5.41, 5.74) is 2.17. The molecule has 1 unspecified atom stereocenters. The Labute approximate surface area is 110 Å². The highest BCUT2D eigenvalue weighted by atomic mass is 79.9. The van der Waals surface area contributed by atoms with Crippen molar-refractivity contribution in [3.8, 4) is 0 Å². The van der Waals surface area contributed by atoms with Gasteiger partial charge in [-0.15, -0.1) is 0 Å². The van der Waals surface area contributed by atoms with Gasteiger partial charge < -0.3 is 10.6 Å². The van der Waals surface area contributed by atoms with Crippen LogP contribution in [0.3, 0.4) is 0 Å². The molecule has 0 radical (unpaired) electrons. The number of hydrogen-bond acceptors (Lipinski definition) is 2. The van der Waals surface area contributed by atoms with Gasteiger partial charge in [-0.25, -0.2) is 0 Å². The topological polar surface area (TPSA) is 41.1 Å². The van der Waals surface area contributed by atoms with E-state index in [0.29, 0.717) is 0 Å². The lowest BCUT2D eigenvalue weighted by molar-refractivity contribution is -0.121.